The number of aromatic nitrogens is 2. The molecule has 0 fully saturated rings. The molecule has 1 heterocycles. The van der Waals surface area contributed by atoms with Gasteiger partial charge in [0, 0.05) is 12.7 Å². The molecule has 3 N–H and O–H groups in total. The van der Waals surface area contributed by atoms with E-state index in [1.807, 2.05) is 37.3 Å². The lowest BCUT2D eigenvalue weighted by Crippen LogP contribution is -2.41. The van der Waals surface area contributed by atoms with Crippen LogP contribution in [0.4, 0.5) is 0 Å². The lowest BCUT2D eigenvalue weighted by atomic mass is 9.88. The van der Waals surface area contributed by atoms with Crippen molar-refractivity contribution in [2.45, 2.75) is 25.4 Å². The Hall–Kier alpha value is -1.36. The molecule has 0 bridgehead atoms. The summed E-state index contributed by atoms with van der Waals surface area (Å²) >= 11 is 5.97. The molecule has 0 saturated carbocycles. The van der Waals surface area contributed by atoms with Crippen LogP contribution in [0.3, 0.4) is 0 Å². The average Bonchev–Trinajstić information content (AvgIpc) is 2.76. The predicted octanol–water partition coefficient (Wildman–Crippen LogP) is 2.08. The van der Waals surface area contributed by atoms with Crippen LogP contribution in [-0.4, -0.2) is 21.5 Å². The zero-order chi connectivity index (χ0) is 13.9. The number of aliphatic hydroxyl groups is 1. The highest BCUT2D eigenvalue weighted by molar-refractivity contribution is 6.31. The second kappa shape index (κ2) is 5.74. The van der Waals surface area contributed by atoms with E-state index in [0.29, 0.717) is 18.0 Å². The number of benzene rings is 1. The first-order valence-electron chi connectivity index (χ1n) is 6.20. The van der Waals surface area contributed by atoms with Crippen molar-refractivity contribution in [2.75, 3.05) is 6.61 Å². The van der Waals surface area contributed by atoms with E-state index in [0.717, 1.165) is 11.3 Å². The summed E-state index contributed by atoms with van der Waals surface area (Å²) < 4.78 is 1.76. The molecule has 19 heavy (non-hydrogen) atoms. The van der Waals surface area contributed by atoms with Crippen LogP contribution in [0, 0.1) is 6.92 Å². The predicted molar refractivity (Wildman–Crippen MR) is 76.0 cm³/mol. The minimum Gasteiger partial charge on any atom is -0.394 e. The first-order chi connectivity index (χ1) is 9.05. The van der Waals surface area contributed by atoms with Crippen LogP contribution in [0.2, 0.25) is 5.02 Å². The number of aryl methyl sites for hydroxylation is 2. The highest BCUT2D eigenvalue weighted by Crippen LogP contribution is 2.23. The zero-order valence-corrected chi connectivity index (χ0v) is 11.6. The second-order valence-corrected chi connectivity index (χ2v) is 5.16. The Bertz CT molecular complexity index is 521. The molecule has 1 atom stereocenters. The van der Waals surface area contributed by atoms with Crippen molar-refractivity contribution in [3.8, 4) is 0 Å². The van der Waals surface area contributed by atoms with Gasteiger partial charge in [0.1, 0.15) is 0 Å². The summed E-state index contributed by atoms with van der Waals surface area (Å²) in [5.74, 6) is 0. The third kappa shape index (κ3) is 3.15. The van der Waals surface area contributed by atoms with Crippen molar-refractivity contribution in [1.82, 2.24) is 9.78 Å². The Kier molecular flexibility index (Phi) is 4.24. The Labute approximate surface area is 117 Å². The van der Waals surface area contributed by atoms with Gasteiger partial charge < -0.3 is 10.8 Å². The number of hydrogen-bond donors (Lipinski definition) is 2. The topological polar surface area (TPSA) is 64.1 Å². The average molecular weight is 280 g/mol. The Morgan fingerprint density at radius 3 is 2.58 bits per heavy atom. The van der Waals surface area contributed by atoms with Gasteiger partial charge in [-0.2, -0.15) is 5.10 Å². The van der Waals surface area contributed by atoms with Crippen molar-refractivity contribution >= 4 is 11.6 Å². The van der Waals surface area contributed by atoms with Gasteiger partial charge in [-0.1, -0.05) is 41.9 Å². The maximum absolute atomic E-state index is 9.60. The van der Waals surface area contributed by atoms with Crippen LogP contribution < -0.4 is 5.73 Å². The van der Waals surface area contributed by atoms with Gasteiger partial charge in [0.2, 0.25) is 0 Å². The summed E-state index contributed by atoms with van der Waals surface area (Å²) in [4.78, 5) is 0. The molecule has 4 nitrogen and oxygen atoms in total. The maximum Gasteiger partial charge on any atom is 0.0814 e. The fourth-order valence-electron chi connectivity index (χ4n) is 2.01. The summed E-state index contributed by atoms with van der Waals surface area (Å²) in [6.07, 6.45) is 2.37. The van der Waals surface area contributed by atoms with Crippen LogP contribution in [0.25, 0.3) is 0 Å². The van der Waals surface area contributed by atoms with Crippen molar-refractivity contribution in [2.24, 2.45) is 5.73 Å². The normalized spacial score (nSPS) is 14.3. The molecule has 1 unspecified atom stereocenters. The molecular weight excluding hydrogens is 262 g/mol. The number of hydrogen-bond acceptors (Lipinski definition) is 3. The standard InChI is InChI=1S/C14H18ClN3O/c1-11-13(15)9-18(17-11)8-7-14(16,10-19)12-5-3-2-4-6-12/h2-6,9,19H,7-8,10,16H2,1H3. The number of aliphatic hydroxyl groups excluding tert-OH is 1. The maximum atomic E-state index is 9.60. The van der Waals surface area contributed by atoms with Crippen LogP contribution >= 0.6 is 11.6 Å². The quantitative estimate of drug-likeness (QED) is 0.881. The van der Waals surface area contributed by atoms with Gasteiger partial charge in [-0.25, -0.2) is 0 Å². The smallest absolute Gasteiger partial charge is 0.0814 e. The molecule has 0 aliphatic carbocycles. The summed E-state index contributed by atoms with van der Waals surface area (Å²) in [6.45, 7) is 2.36. The number of nitrogens with two attached hydrogens (primary N) is 1. The van der Waals surface area contributed by atoms with Crippen LogP contribution in [0.15, 0.2) is 36.5 Å². The van der Waals surface area contributed by atoms with Crippen molar-refractivity contribution in [3.05, 3.63) is 52.8 Å². The molecule has 102 valence electrons. The minimum absolute atomic E-state index is 0.106. The second-order valence-electron chi connectivity index (χ2n) is 4.76. The molecule has 1 aromatic heterocycles. The van der Waals surface area contributed by atoms with Gasteiger partial charge >= 0.3 is 0 Å². The van der Waals surface area contributed by atoms with E-state index >= 15 is 0 Å². The summed E-state index contributed by atoms with van der Waals surface area (Å²) in [5, 5.41) is 14.5. The molecule has 5 heteroatoms. The van der Waals surface area contributed by atoms with Gasteiger partial charge in [-0.3, -0.25) is 4.68 Å². The molecule has 0 saturated heterocycles. The largest absolute Gasteiger partial charge is 0.394 e. The summed E-state index contributed by atoms with van der Waals surface area (Å²) in [5.41, 5.74) is 7.25. The molecular formula is C14H18ClN3O. The highest BCUT2D eigenvalue weighted by atomic mass is 35.5. The minimum atomic E-state index is -0.756. The number of halogens is 1. The molecule has 0 spiro atoms. The fourth-order valence-corrected chi connectivity index (χ4v) is 2.16. The molecule has 1 aromatic carbocycles. The summed E-state index contributed by atoms with van der Waals surface area (Å²) in [7, 11) is 0. The third-order valence-electron chi connectivity index (χ3n) is 3.30. The molecule has 0 amide bonds. The van der Waals surface area contributed by atoms with Crippen LogP contribution in [0.1, 0.15) is 17.7 Å². The molecule has 0 aliphatic heterocycles. The van der Waals surface area contributed by atoms with Crippen LogP contribution in [-0.2, 0) is 12.1 Å². The van der Waals surface area contributed by atoms with E-state index in [4.69, 9.17) is 17.3 Å². The van der Waals surface area contributed by atoms with Gasteiger partial charge in [-0.05, 0) is 18.9 Å². The van der Waals surface area contributed by atoms with E-state index in [-0.39, 0.29) is 6.61 Å². The van der Waals surface area contributed by atoms with E-state index in [1.54, 1.807) is 10.9 Å². The Morgan fingerprint density at radius 2 is 2.05 bits per heavy atom. The Balaban J connectivity index is 2.11. The van der Waals surface area contributed by atoms with Gasteiger partial charge in [-0.15, -0.1) is 0 Å². The van der Waals surface area contributed by atoms with Crippen LogP contribution in [0.5, 0.6) is 0 Å². The molecule has 0 aliphatic rings. The zero-order valence-electron chi connectivity index (χ0n) is 10.9. The summed E-state index contributed by atoms with van der Waals surface area (Å²) in [6, 6.07) is 9.62. The molecule has 2 rings (SSSR count). The first-order valence-corrected chi connectivity index (χ1v) is 6.58. The fraction of sp³-hybridized carbons (Fsp3) is 0.357. The lowest BCUT2D eigenvalue weighted by Gasteiger charge is -2.27. The van der Waals surface area contributed by atoms with E-state index in [2.05, 4.69) is 5.10 Å². The monoisotopic (exact) mass is 279 g/mol. The number of nitrogens with zero attached hydrogens (tertiary/aromatic N) is 2. The third-order valence-corrected chi connectivity index (χ3v) is 3.68. The molecule has 0 radical (unpaired) electrons. The van der Waals surface area contributed by atoms with E-state index < -0.39 is 5.54 Å². The van der Waals surface area contributed by atoms with Gasteiger partial charge in [0.15, 0.2) is 0 Å². The highest BCUT2D eigenvalue weighted by Gasteiger charge is 2.26. The van der Waals surface area contributed by atoms with E-state index in [9.17, 15) is 5.11 Å². The Morgan fingerprint density at radius 1 is 1.37 bits per heavy atom. The number of rotatable bonds is 5. The van der Waals surface area contributed by atoms with E-state index in [1.165, 1.54) is 0 Å². The molecule has 2 aromatic rings. The van der Waals surface area contributed by atoms with Gasteiger partial charge in [0.25, 0.3) is 0 Å². The van der Waals surface area contributed by atoms with Gasteiger partial charge in [0.05, 0.1) is 22.9 Å². The van der Waals surface area contributed by atoms with Crippen molar-refractivity contribution in [1.29, 1.82) is 0 Å². The van der Waals surface area contributed by atoms with Crippen molar-refractivity contribution < 1.29 is 5.11 Å². The first kappa shape index (κ1) is 14.1. The lowest BCUT2D eigenvalue weighted by molar-refractivity contribution is 0.181. The van der Waals surface area contributed by atoms with Crippen molar-refractivity contribution in [3.63, 3.8) is 0 Å². The SMILES string of the molecule is Cc1nn(CCC(N)(CO)c2ccccc2)cc1Cl.